The van der Waals surface area contributed by atoms with Gasteiger partial charge in [-0.3, -0.25) is 9.69 Å². The van der Waals surface area contributed by atoms with E-state index in [-0.39, 0.29) is 11.8 Å². The van der Waals surface area contributed by atoms with E-state index in [1.54, 1.807) is 13.2 Å². The minimum Gasteiger partial charge on any atom is -0.508 e. The molecular formula is C26H36N2O3. The molecule has 3 rings (SSSR count). The molecule has 0 radical (unpaired) electrons. The largest absolute Gasteiger partial charge is 0.508 e. The Kier molecular flexibility index (Phi) is 8.10. The van der Waals surface area contributed by atoms with Gasteiger partial charge in [0.05, 0.1) is 6.61 Å². The van der Waals surface area contributed by atoms with Crippen LogP contribution in [0, 0.1) is 18.8 Å². The minimum absolute atomic E-state index is 0.0338. The van der Waals surface area contributed by atoms with Gasteiger partial charge in [-0.2, -0.15) is 0 Å². The molecule has 1 heterocycles. The van der Waals surface area contributed by atoms with Gasteiger partial charge in [0.1, 0.15) is 5.75 Å². The van der Waals surface area contributed by atoms with Gasteiger partial charge in [-0.05, 0) is 24.5 Å². The molecule has 31 heavy (non-hydrogen) atoms. The van der Waals surface area contributed by atoms with Crippen molar-refractivity contribution in [2.75, 3.05) is 39.9 Å². The first-order valence-corrected chi connectivity index (χ1v) is 11.2. The molecule has 1 saturated heterocycles. The molecule has 1 amide bonds. The molecule has 2 atom stereocenters. The molecule has 1 N–H and O–H groups in total. The minimum atomic E-state index is -0.0338. The summed E-state index contributed by atoms with van der Waals surface area (Å²) in [4.78, 5) is 17.2. The number of phenols is 1. The maximum atomic E-state index is 12.9. The maximum absolute atomic E-state index is 12.9. The van der Waals surface area contributed by atoms with Gasteiger partial charge >= 0.3 is 0 Å². The molecule has 1 aliphatic heterocycles. The first-order chi connectivity index (χ1) is 14.9. The fourth-order valence-electron chi connectivity index (χ4n) is 4.49. The van der Waals surface area contributed by atoms with Crippen LogP contribution >= 0.6 is 0 Å². The number of nitrogens with zero attached hydrogens (tertiary/aromatic N) is 2. The van der Waals surface area contributed by atoms with E-state index < -0.39 is 0 Å². The van der Waals surface area contributed by atoms with Crippen molar-refractivity contribution in [3.05, 3.63) is 65.2 Å². The number of carbonyl (C=O) groups excluding carboxylic acids is 1. The Labute approximate surface area is 186 Å². The Hall–Kier alpha value is -2.37. The van der Waals surface area contributed by atoms with E-state index in [9.17, 15) is 9.90 Å². The van der Waals surface area contributed by atoms with Crippen LogP contribution in [0.25, 0.3) is 0 Å². The molecule has 2 unspecified atom stereocenters. The lowest BCUT2D eigenvalue weighted by Gasteiger charge is -2.29. The molecule has 1 aliphatic rings. The Morgan fingerprint density at radius 3 is 2.52 bits per heavy atom. The molecule has 0 spiro atoms. The number of amides is 1. The topological polar surface area (TPSA) is 53.0 Å². The van der Waals surface area contributed by atoms with Crippen molar-refractivity contribution in [3.63, 3.8) is 0 Å². The molecule has 5 heteroatoms. The fourth-order valence-corrected chi connectivity index (χ4v) is 4.49. The number of para-hydroxylation sites is 1. The van der Waals surface area contributed by atoms with Gasteiger partial charge in [0.25, 0.3) is 0 Å². The normalized spacial score (nSPS) is 19.1. The Bertz CT molecular complexity index is 850. The molecule has 0 saturated carbocycles. The van der Waals surface area contributed by atoms with E-state index in [4.69, 9.17) is 4.74 Å². The molecule has 2 aromatic rings. The Morgan fingerprint density at radius 2 is 1.87 bits per heavy atom. The van der Waals surface area contributed by atoms with E-state index >= 15 is 0 Å². The smallest absolute Gasteiger partial charge is 0.225 e. The molecule has 0 aliphatic carbocycles. The van der Waals surface area contributed by atoms with Gasteiger partial charge in [-0.15, -0.1) is 0 Å². The number of benzene rings is 2. The first kappa shape index (κ1) is 23.3. The van der Waals surface area contributed by atoms with Crippen LogP contribution in [0.5, 0.6) is 5.75 Å². The summed E-state index contributed by atoms with van der Waals surface area (Å²) in [6.07, 6.45) is 0. The SMILES string of the molecule is COCCN(CC1CN(Cc2ccccc2O)CC1c1ccc(C)cc1)C(=O)C(C)C. The zero-order valence-corrected chi connectivity index (χ0v) is 19.3. The van der Waals surface area contributed by atoms with Crippen molar-refractivity contribution >= 4 is 5.91 Å². The van der Waals surface area contributed by atoms with Crippen LogP contribution in [0.4, 0.5) is 0 Å². The third kappa shape index (κ3) is 6.08. The number of hydrogen-bond donors (Lipinski definition) is 1. The number of rotatable bonds is 9. The zero-order chi connectivity index (χ0) is 22.4. The zero-order valence-electron chi connectivity index (χ0n) is 19.3. The number of methoxy groups -OCH3 is 1. The van der Waals surface area contributed by atoms with Crippen molar-refractivity contribution in [2.24, 2.45) is 11.8 Å². The second-order valence-electron chi connectivity index (χ2n) is 9.03. The number of ether oxygens (including phenoxy) is 1. The van der Waals surface area contributed by atoms with Gasteiger partial charge < -0.3 is 14.7 Å². The quantitative estimate of drug-likeness (QED) is 0.660. The molecule has 2 aromatic carbocycles. The summed E-state index contributed by atoms with van der Waals surface area (Å²) in [6.45, 7) is 10.4. The number of phenolic OH excluding ortho intramolecular Hbond substituents is 1. The summed E-state index contributed by atoms with van der Waals surface area (Å²) >= 11 is 0. The van der Waals surface area contributed by atoms with Gasteiger partial charge in [0.15, 0.2) is 0 Å². The Morgan fingerprint density at radius 1 is 1.16 bits per heavy atom. The van der Waals surface area contributed by atoms with Crippen molar-refractivity contribution in [1.29, 1.82) is 0 Å². The number of carbonyl (C=O) groups is 1. The predicted molar refractivity (Wildman–Crippen MR) is 124 cm³/mol. The standard InChI is InChI=1S/C26H36N2O3/c1-19(2)26(30)28(13-14-31-4)17-23-16-27(15-22-7-5-6-8-25(22)29)18-24(23)21-11-9-20(3)10-12-21/h5-12,19,23-24,29H,13-18H2,1-4H3. The van der Waals surface area contributed by atoms with Crippen molar-refractivity contribution in [1.82, 2.24) is 9.80 Å². The highest BCUT2D eigenvalue weighted by Gasteiger charge is 2.36. The number of aryl methyl sites for hydroxylation is 1. The number of likely N-dealkylation sites (tertiary alicyclic amines) is 1. The lowest BCUT2D eigenvalue weighted by molar-refractivity contribution is -0.135. The van der Waals surface area contributed by atoms with Crippen molar-refractivity contribution in [2.45, 2.75) is 33.2 Å². The highest BCUT2D eigenvalue weighted by molar-refractivity contribution is 5.78. The van der Waals surface area contributed by atoms with Gasteiger partial charge in [0.2, 0.25) is 5.91 Å². The third-order valence-corrected chi connectivity index (χ3v) is 6.23. The van der Waals surface area contributed by atoms with Crippen LogP contribution in [0.2, 0.25) is 0 Å². The van der Waals surface area contributed by atoms with E-state index in [0.717, 1.165) is 25.2 Å². The van der Waals surface area contributed by atoms with E-state index in [0.29, 0.717) is 37.3 Å². The lowest BCUT2D eigenvalue weighted by Crippen LogP contribution is -2.41. The van der Waals surface area contributed by atoms with Crippen LogP contribution in [0.1, 0.15) is 36.5 Å². The van der Waals surface area contributed by atoms with Gasteiger partial charge in [-0.1, -0.05) is 61.9 Å². The van der Waals surface area contributed by atoms with Gasteiger partial charge in [-0.25, -0.2) is 0 Å². The van der Waals surface area contributed by atoms with E-state index in [2.05, 4.69) is 36.1 Å². The number of aromatic hydroxyl groups is 1. The monoisotopic (exact) mass is 424 g/mol. The van der Waals surface area contributed by atoms with E-state index in [1.165, 1.54) is 11.1 Å². The molecule has 1 fully saturated rings. The Balaban J connectivity index is 1.81. The van der Waals surface area contributed by atoms with Crippen LogP contribution in [-0.4, -0.2) is 60.7 Å². The fraction of sp³-hybridized carbons (Fsp3) is 0.500. The molecular weight excluding hydrogens is 388 g/mol. The van der Waals surface area contributed by atoms with E-state index in [1.807, 2.05) is 36.9 Å². The average molecular weight is 425 g/mol. The summed E-state index contributed by atoms with van der Waals surface area (Å²) in [5, 5.41) is 10.2. The first-order valence-electron chi connectivity index (χ1n) is 11.2. The van der Waals surface area contributed by atoms with Crippen LogP contribution in [-0.2, 0) is 16.1 Å². The molecule has 5 nitrogen and oxygen atoms in total. The highest BCUT2D eigenvalue weighted by atomic mass is 16.5. The van der Waals surface area contributed by atoms with Crippen molar-refractivity contribution < 1.29 is 14.6 Å². The molecule has 0 bridgehead atoms. The van der Waals surface area contributed by atoms with Crippen LogP contribution in [0.15, 0.2) is 48.5 Å². The summed E-state index contributed by atoms with van der Waals surface area (Å²) < 4.78 is 5.27. The summed E-state index contributed by atoms with van der Waals surface area (Å²) in [5.74, 6) is 1.16. The maximum Gasteiger partial charge on any atom is 0.225 e. The highest BCUT2D eigenvalue weighted by Crippen LogP contribution is 2.35. The van der Waals surface area contributed by atoms with Gasteiger partial charge in [0, 0.05) is 57.2 Å². The predicted octanol–water partition coefficient (Wildman–Crippen LogP) is 4.05. The molecule has 0 aromatic heterocycles. The van der Waals surface area contributed by atoms with Crippen LogP contribution in [0.3, 0.4) is 0 Å². The second-order valence-corrected chi connectivity index (χ2v) is 9.03. The summed E-state index contributed by atoms with van der Waals surface area (Å²) in [5.41, 5.74) is 3.51. The lowest BCUT2D eigenvalue weighted by atomic mass is 9.88. The summed E-state index contributed by atoms with van der Waals surface area (Å²) in [7, 11) is 1.68. The average Bonchev–Trinajstić information content (AvgIpc) is 3.15. The number of hydrogen-bond acceptors (Lipinski definition) is 4. The second kappa shape index (κ2) is 10.8. The van der Waals surface area contributed by atoms with Crippen LogP contribution < -0.4 is 0 Å². The third-order valence-electron chi connectivity index (χ3n) is 6.23. The molecule has 168 valence electrons. The van der Waals surface area contributed by atoms with Crippen molar-refractivity contribution in [3.8, 4) is 5.75 Å². The summed E-state index contributed by atoms with van der Waals surface area (Å²) in [6, 6.07) is 16.3.